The minimum absolute atomic E-state index is 0.0239. The smallest absolute Gasteiger partial charge is 0.228 e. The molecular weight excluding hydrogens is 256 g/mol. The average molecular weight is 278 g/mol. The van der Waals surface area contributed by atoms with Crippen LogP contribution in [0, 0.1) is 12.8 Å². The second-order valence-corrected chi connectivity index (χ2v) is 5.01. The van der Waals surface area contributed by atoms with Gasteiger partial charge in [0.15, 0.2) is 0 Å². The van der Waals surface area contributed by atoms with Crippen LogP contribution in [0.15, 0.2) is 12.1 Å². The molecule has 1 aliphatic heterocycles. The highest BCUT2D eigenvalue weighted by molar-refractivity contribution is 5.94. The third-order valence-electron chi connectivity index (χ3n) is 3.71. The Bertz CT molecular complexity index is 482. The number of methoxy groups -OCH3 is 2. The zero-order valence-corrected chi connectivity index (χ0v) is 12.3. The Morgan fingerprint density at radius 3 is 2.75 bits per heavy atom. The summed E-state index contributed by atoms with van der Waals surface area (Å²) >= 11 is 0. The molecule has 0 saturated carbocycles. The third kappa shape index (κ3) is 3.04. The number of carbonyl (C=O) groups is 1. The van der Waals surface area contributed by atoms with Crippen molar-refractivity contribution in [2.45, 2.75) is 19.8 Å². The van der Waals surface area contributed by atoms with Crippen LogP contribution in [0.4, 0.5) is 5.69 Å². The lowest BCUT2D eigenvalue weighted by atomic mass is 9.98. The lowest BCUT2D eigenvalue weighted by Gasteiger charge is -2.23. The van der Waals surface area contributed by atoms with Gasteiger partial charge in [0, 0.05) is 12.1 Å². The quantitative estimate of drug-likeness (QED) is 0.884. The molecule has 5 heteroatoms. The Hall–Kier alpha value is -1.75. The van der Waals surface area contributed by atoms with Gasteiger partial charge in [-0.3, -0.25) is 4.79 Å². The molecule has 1 heterocycles. The molecule has 0 aromatic heterocycles. The van der Waals surface area contributed by atoms with Gasteiger partial charge in [-0.2, -0.15) is 0 Å². The molecule has 0 spiro atoms. The van der Waals surface area contributed by atoms with Gasteiger partial charge in [0.05, 0.1) is 25.8 Å². The molecule has 1 aromatic rings. The summed E-state index contributed by atoms with van der Waals surface area (Å²) in [4.78, 5) is 12.3. The minimum atomic E-state index is 0.0239. The first-order valence-corrected chi connectivity index (χ1v) is 6.90. The van der Waals surface area contributed by atoms with Gasteiger partial charge in [-0.1, -0.05) is 0 Å². The van der Waals surface area contributed by atoms with Crippen molar-refractivity contribution in [3.8, 4) is 11.5 Å². The highest BCUT2D eigenvalue weighted by atomic mass is 16.5. The van der Waals surface area contributed by atoms with Gasteiger partial charge in [0.1, 0.15) is 11.5 Å². The lowest BCUT2D eigenvalue weighted by molar-refractivity contribution is -0.120. The van der Waals surface area contributed by atoms with Crippen molar-refractivity contribution in [1.82, 2.24) is 5.32 Å². The SMILES string of the molecule is COc1ccc(NC(=O)C2CCCNC2)c(OC)c1C. The molecule has 0 radical (unpaired) electrons. The minimum Gasteiger partial charge on any atom is -0.496 e. The maximum absolute atomic E-state index is 12.3. The van der Waals surface area contributed by atoms with E-state index >= 15 is 0 Å². The van der Waals surface area contributed by atoms with Crippen molar-refractivity contribution < 1.29 is 14.3 Å². The molecule has 1 aromatic carbocycles. The van der Waals surface area contributed by atoms with Crippen LogP contribution >= 0.6 is 0 Å². The van der Waals surface area contributed by atoms with Gasteiger partial charge in [0.2, 0.25) is 5.91 Å². The summed E-state index contributed by atoms with van der Waals surface area (Å²) < 4.78 is 10.7. The van der Waals surface area contributed by atoms with Crippen molar-refractivity contribution >= 4 is 11.6 Å². The fourth-order valence-corrected chi connectivity index (χ4v) is 2.57. The molecule has 110 valence electrons. The van der Waals surface area contributed by atoms with Crippen molar-refractivity contribution in [2.24, 2.45) is 5.92 Å². The first-order chi connectivity index (χ1) is 9.67. The van der Waals surface area contributed by atoms with Crippen LogP contribution in [0.25, 0.3) is 0 Å². The number of hydrogen-bond acceptors (Lipinski definition) is 4. The van der Waals surface area contributed by atoms with Gasteiger partial charge in [-0.15, -0.1) is 0 Å². The van der Waals surface area contributed by atoms with E-state index in [-0.39, 0.29) is 11.8 Å². The van der Waals surface area contributed by atoms with Gasteiger partial charge < -0.3 is 20.1 Å². The standard InChI is InChI=1S/C15H22N2O3/c1-10-13(19-2)7-6-12(14(10)20-3)17-15(18)11-5-4-8-16-9-11/h6-7,11,16H,4-5,8-9H2,1-3H3,(H,17,18). The second-order valence-electron chi connectivity index (χ2n) is 5.01. The summed E-state index contributed by atoms with van der Waals surface area (Å²) in [5, 5.41) is 6.21. The summed E-state index contributed by atoms with van der Waals surface area (Å²) in [6.45, 7) is 3.65. The van der Waals surface area contributed by atoms with Crippen LogP contribution in [-0.4, -0.2) is 33.2 Å². The first kappa shape index (κ1) is 14.7. The zero-order valence-electron chi connectivity index (χ0n) is 12.3. The Morgan fingerprint density at radius 1 is 1.35 bits per heavy atom. The Balaban J connectivity index is 2.16. The van der Waals surface area contributed by atoms with Crippen LogP contribution in [-0.2, 0) is 4.79 Å². The molecule has 1 unspecified atom stereocenters. The molecule has 20 heavy (non-hydrogen) atoms. The Labute approximate surface area is 119 Å². The van der Waals surface area contributed by atoms with Gasteiger partial charge >= 0.3 is 0 Å². The number of anilines is 1. The molecule has 2 rings (SSSR count). The molecule has 1 amide bonds. The Kier molecular flexibility index (Phi) is 4.84. The van der Waals surface area contributed by atoms with E-state index in [4.69, 9.17) is 9.47 Å². The van der Waals surface area contributed by atoms with E-state index in [2.05, 4.69) is 10.6 Å². The highest BCUT2D eigenvalue weighted by Crippen LogP contribution is 2.35. The van der Waals surface area contributed by atoms with E-state index in [0.29, 0.717) is 11.4 Å². The van der Waals surface area contributed by atoms with E-state index in [1.165, 1.54) is 0 Å². The van der Waals surface area contributed by atoms with Crippen LogP contribution < -0.4 is 20.1 Å². The van der Waals surface area contributed by atoms with Gasteiger partial charge in [-0.05, 0) is 38.4 Å². The zero-order chi connectivity index (χ0) is 14.5. The first-order valence-electron chi connectivity index (χ1n) is 6.90. The van der Waals surface area contributed by atoms with Crippen molar-refractivity contribution in [1.29, 1.82) is 0 Å². The molecule has 1 saturated heterocycles. The number of benzene rings is 1. The summed E-state index contributed by atoms with van der Waals surface area (Å²) in [5.74, 6) is 1.47. The third-order valence-corrected chi connectivity index (χ3v) is 3.71. The number of amides is 1. The van der Waals surface area contributed by atoms with E-state index in [9.17, 15) is 4.79 Å². The van der Waals surface area contributed by atoms with Crippen LogP contribution in [0.2, 0.25) is 0 Å². The molecule has 0 bridgehead atoms. The van der Waals surface area contributed by atoms with Crippen LogP contribution in [0.3, 0.4) is 0 Å². The van der Waals surface area contributed by atoms with Crippen molar-refractivity contribution in [3.05, 3.63) is 17.7 Å². The second kappa shape index (κ2) is 6.61. The number of hydrogen-bond donors (Lipinski definition) is 2. The number of ether oxygens (including phenoxy) is 2. The monoisotopic (exact) mass is 278 g/mol. The molecule has 0 aliphatic carbocycles. The number of piperidine rings is 1. The lowest BCUT2D eigenvalue weighted by Crippen LogP contribution is -2.37. The fraction of sp³-hybridized carbons (Fsp3) is 0.533. The fourth-order valence-electron chi connectivity index (χ4n) is 2.57. The Morgan fingerprint density at radius 2 is 2.15 bits per heavy atom. The van der Waals surface area contributed by atoms with Crippen molar-refractivity contribution in [2.75, 3.05) is 32.6 Å². The van der Waals surface area contributed by atoms with Crippen LogP contribution in [0.5, 0.6) is 11.5 Å². The number of carbonyl (C=O) groups excluding carboxylic acids is 1. The van der Waals surface area contributed by atoms with Crippen LogP contribution in [0.1, 0.15) is 18.4 Å². The summed E-state index contributed by atoms with van der Waals surface area (Å²) in [6, 6.07) is 3.66. The summed E-state index contributed by atoms with van der Waals surface area (Å²) in [5.41, 5.74) is 1.58. The molecule has 2 N–H and O–H groups in total. The highest BCUT2D eigenvalue weighted by Gasteiger charge is 2.22. The largest absolute Gasteiger partial charge is 0.496 e. The maximum atomic E-state index is 12.3. The predicted octanol–water partition coefficient (Wildman–Crippen LogP) is 1.95. The normalized spacial score (nSPS) is 18.4. The van der Waals surface area contributed by atoms with E-state index in [0.717, 1.165) is 37.2 Å². The molecule has 1 aliphatic rings. The molecular formula is C15H22N2O3. The van der Waals surface area contributed by atoms with E-state index in [1.807, 2.05) is 19.1 Å². The molecule has 1 atom stereocenters. The average Bonchev–Trinajstić information content (AvgIpc) is 2.48. The predicted molar refractivity (Wildman–Crippen MR) is 78.5 cm³/mol. The summed E-state index contributed by atoms with van der Waals surface area (Å²) in [7, 11) is 3.22. The van der Waals surface area contributed by atoms with E-state index < -0.39 is 0 Å². The van der Waals surface area contributed by atoms with Crippen molar-refractivity contribution in [3.63, 3.8) is 0 Å². The number of rotatable bonds is 4. The molecule has 5 nitrogen and oxygen atoms in total. The number of nitrogens with one attached hydrogen (secondary N) is 2. The van der Waals surface area contributed by atoms with Gasteiger partial charge in [0.25, 0.3) is 0 Å². The van der Waals surface area contributed by atoms with Gasteiger partial charge in [-0.25, -0.2) is 0 Å². The maximum Gasteiger partial charge on any atom is 0.228 e. The summed E-state index contributed by atoms with van der Waals surface area (Å²) in [6.07, 6.45) is 1.97. The van der Waals surface area contributed by atoms with E-state index in [1.54, 1.807) is 14.2 Å². The molecule has 1 fully saturated rings. The topological polar surface area (TPSA) is 59.6 Å².